The van der Waals surface area contributed by atoms with Gasteiger partial charge in [-0.15, -0.1) is 11.3 Å². The molecule has 3 aliphatic rings. The Morgan fingerprint density at radius 1 is 1.25 bits per heavy atom. The Hall–Kier alpha value is -4.62. The first kappa shape index (κ1) is 32.0. The molecule has 6 heterocycles. The van der Waals surface area contributed by atoms with E-state index in [0.29, 0.717) is 25.9 Å². The molecule has 4 aromatic rings. The number of hydrogen-bond donors (Lipinski definition) is 1. The number of fused-ring (bicyclic) bond motifs is 3. The number of carbonyl (C=O) groups is 1. The van der Waals surface area contributed by atoms with E-state index in [4.69, 9.17) is 15.2 Å². The predicted molar refractivity (Wildman–Crippen MR) is 167 cm³/mol. The van der Waals surface area contributed by atoms with Crippen molar-refractivity contribution in [3.05, 3.63) is 47.8 Å². The molecule has 1 unspecified atom stereocenters. The van der Waals surface area contributed by atoms with Crippen molar-refractivity contribution in [2.75, 3.05) is 38.5 Å². The molecule has 7 rings (SSSR count). The Bertz CT molecular complexity index is 2010. The Labute approximate surface area is 274 Å². The van der Waals surface area contributed by atoms with Gasteiger partial charge in [-0.05, 0) is 43.7 Å². The zero-order valence-electron chi connectivity index (χ0n) is 25.3. The molecule has 3 aromatic heterocycles. The van der Waals surface area contributed by atoms with Crippen LogP contribution < -0.4 is 15.2 Å². The van der Waals surface area contributed by atoms with Gasteiger partial charge in [0.1, 0.15) is 35.8 Å². The number of nitriles is 1. The van der Waals surface area contributed by atoms with Gasteiger partial charge in [-0.3, -0.25) is 9.69 Å². The average Bonchev–Trinajstić information content (AvgIpc) is 3.81. The lowest BCUT2D eigenvalue weighted by molar-refractivity contribution is -0.137. The van der Waals surface area contributed by atoms with Crippen LogP contribution in [0.2, 0.25) is 0 Å². The van der Waals surface area contributed by atoms with E-state index in [1.807, 2.05) is 11.0 Å². The van der Waals surface area contributed by atoms with Crippen LogP contribution in [0.3, 0.4) is 0 Å². The van der Waals surface area contributed by atoms with E-state index in [2.05, 4.69) is 21.5 Å². The standard InChI is InChI=1S/C32H28F5N7O3S/c1-2-23(45)43-9-6-17(14-43)47-29-19-10-21(32(35,36)37)25(18-4-5-22(34)26-24(18)20(12-38)27(39)48-26)40-28(19)41-30(42-29)46-15-31-7-3-8-44(31)13-16(33)11-31/h2,4-5,10,16-17H,1,3,6-9,11,13-15,39H2/t16-,17-,31?/m1/s1. The molecule has 2 N–H and O–H groups in total. The number of hydrogen-bond acceptors (Lipinski definition) is 10. The highest BCUT2D eigenvalue weighted by molar-refractivity contribution is 7.23. The summed E-state index contributed by atoms with van der Waals surface area (Å²) in [6.45, 7) is 5.01. The van der Waals surface area contributed by atoms with Crippen molar-refractivity contribution < 1.29 is 36.2 Å². The molecule has 0 radical (unpaired) electrons. The molecule has 1 amide bonds. The normalized spacial score (nSPS) is 22.7. The Morgan fingerprint density at radius 3 is 2.81 bits per heavy atom. The van der Waals surface area contributed by atoms with E-state index in [1.54, 1.807) is 0 Å². The van der Waals surface area contributed by atoms with Crippen LogP contribution in [0.25, 0.3) is 32.4 Å². The summed E-state index contributed by atoms with van der Waals surface area (Å²) in [6.07, 6.45) is -3.24. The second kappa shape index (κ2) is 11.8. The summed E-state index contributed by atoms with van der Waals surface area (Å²) in [5.74, 6) is -1.31. The van der Waals surface area contributed by atoms with E-state index >= 15 is 0 Å². The Balaban J connectivity index is 1.37. The van der Waals surface area contributed by atoms with Crippen LogP contribution in [-0.2, 0) is 11.0 Å². The predicted octanol–water partition coefficient (Wildman–Crippen LogP) is 5.64. The Kier molecular flexibility index (Phi) is 7.86. The van der Waals surface area contributed by atoms with Gasteiger partial charge in [-0.1, -0.05) is 6.58 Å². The molecule has 16 heteroatoms. The summed E-state index contributed by atoms with van der Waals surface area (Å²) in [7, 11) is 0. The SMILES string of the molecule is C=CC(=O)N1CC[C@@H](Oc2nc(OCC34CCCN3C[C@H](F)C4)nc3nc(-c4ccc(F)c5sc(N)c(C#N)c45)c(C(F)(F)F)cc23)C1. The molecular weight excluding hydrogens is 657 g/mol. The van der Waals surface area contributed by atoms with Crippen LogP contribution in [0.5, 0.6) is 11.9 Å². The van der Waals surface area contributed by atoms with Crippen molar-refractivity contribution in [3.63, 3.8) is 0 Å². The third-order valence-electron chi connectivity index (χ3n) is 9.26. The van der Waals surface area contributed by atoms with Crippen molar-refractivity contribution in [2.24, 2.45) is 0 Å². The molecule has 0 saturated carbocycles. The van der Waals surface area contributed by atoms with Gasteiger partial charge >= 0.3 is 12.2 Å². The second-order valence-corrected chi connectivity index (χ2v) is 13.3. The first-order valence-corrected chi connectivity index (χ1v) is 16.0. The number of amides is 1. The first-order chi connectivity index (χ1) is 22.9. The van der Waals surface area contributed by atoms with Crippen LogP contribution in [0.4, 0.5) is 27.0 Å². The number of nitrogen functional groups attached to an aromatic ring is 1. The number of nitrogens with two attached hydrogens (primary N) is 1. The van der Waals surface area contributed by atoms with Crippen LogP contribution >= 0.6 is 11.3 Å². The van der Waals surface area contributed by atoms with Gasteiger partial charge in [0.05, 0.1) is 39.0 Å². The monoisotopic (exact) mass is 685 g/mol. The lowest BCUT2D eigenvalue weighted by Crippen LogP contribution is -2.43. The molecule has 3 fully saturated rings. The number of rotatable bonds is 7. The first-order valence-electron chi connectivity index (χ1n) is 15.2. The lowest BCUT2D eigenvalue weighted by Gasteiger charge is -2.30. The number of alkyl halides is 4. The molecule has 0 spiro atoms. The van der Waals surface area contributed by atoms with Crippen molar-refractivity contribution in [1.29, 1.82) is 5.26 Å². The molecule has 3 saturated heterocycles. The fourth-order valence-corrected chi connectivity index (χ4v) is 7.99. The number of aromatic nitrogens is 3. The molecule has 3 atom stereocenters. The van der Waals surface area contributed by atoms with Crippen molar-refractivity contribution in [3.8, 4) is 29.2 Å². The summed E-state index contributed by atoms with van der Waals surface area (Å²) in [5, 5.41) is 9.45. The van der Waals surface area contributed by atoms with E-state index < -0.39 is 41.1 Å². The highest BCUT2D eigenvalue weighted by atomic mass is 32.1. The number of carbonyl (C=O) groups excluding carboxylic acids is 1. The highest BCUT2D eigenvalue weighted by Gasteiger charge is 2.49. The molecule has 0 aliphatic carbocycles. The quantitative estimate of drug-likeness (QED) is 0.194. The van der Waals surface area contributed by atoms with Crippen LogP contribution in [0, 0.1) is 17.1 Å². The smallest absolute Gasteiger partial charge is 0.418 e. The molecule has 10 nitrogen and oxygen atoms in total. The summed E-state index contributed by atoms with van der Waals surface area (Å²) in [5.41, 5.74) is 3.03. The zero-order chi connectivity index (χ0) is 34.0. The maximum Gasteiger partial charge on any atom is 0.418 e. The summed E-state index contributed by atoms with van der Waals surface area (Å²) in [4.78, 5) is 28.8. The lowest BCUT2D eigenvalue weighted by atomic mass is 9.95. The second-order valence-electron chi connectivity index (χ2n) is 12.2. The molecule has 3 aliphatic heterocycles. The van der Waals surface area contributed by atoms with Gasteiger partial charge in [-0.2, -0.15) is 28.4 Å². The molecule has 1 aromatic carbocycles. The number of thiophene rings is 1. The fourth-order valence-electron chi connectivity index (χ4n) is 7.04. The van der Waals surface area contributed by atoms with E-state index in [0.717, 1.165) is 42.0 Å². The number of nitrogens with zero attached hydrogens (tertiary/aromatic N) is 6. The van der Waals surface area contributed by atoms with Gasteiger partial charge in [0.2, 0.25) is 11.8 Å². The van der Waals surface area contributed by atoms with E-state index in [1.165, 1.54) is 4.90 Å². The van der Waals surface area contributed by atoms with Crippen LogP contribution in [0.15, 0.2) is 30.9 Å². The number of halogens is 5. The number of pyridine rings is 1. The topological polar surface area (TPSA) is 130 Å². The molecule has 48 heavy (non-hydrogen) atoms. The molecule has 250 valence electrons. The molecule has 0 bridgehead atoms. The maximum absolute atomic E-state index is 14.8. The summed E-state index contributed by atoms with van der Waals surface area (Å²) in [6, 6.07) is 4.55. The Morgan fingerprint density at radius 2 is 2.06 bits per heavy atom. The van der Waals surface area contributed by atoms with Gasteiger partial charge in [0, 0.05) is 36.9 Å². The van der Waals surface area contributed by atoms with E-state index in [-0.39, 0.29) is 81.2 Å². The van der Waals surface area contributed by atoms with Gasteiger partial charge in [0.15, 0.2) is 5.65 Å². The average molecular weight is 686 g/mol. The number of likely N-dealkylation sites (tertiary alicyclic amines) is 1. The maximum atomic E-state index is 14.8. The van der Waals surface area contributed by atoms with Crippen LogP contribution in [-0.4, -0.2) is 81.3 Å². The minimum Gasteiger partial charge on any atom is -0.472 e. The van der Waals surface area contributed by atoms with Gasteiger partial charge in [0.25, 0.3) is 0 Å². The number of anilines is 1. The van der Waals surface area contributed by atoms with E-state index in [9.17, 15) is 32.0 Å². The zero-order valence-corrected chi connectivity index (χ0v) is 26.1. The van der Waals surface area contributed by atoms with Crippen molar-refractivity contribution in [2.45, 2.75) is 49.7 Å². The summed E-state index contributed by atoms with van der Waals surface area (Å²) < 4.78 is 85.7. The highest BCUT2D eigenvalue weighted by Crippen LogP contribution is 2.46. The summed E-state index contributed by atoms with van der Waals surface area (Å²) >= 11 is 0.749. The minimum atomic E-state index is -4.96. The third kappa shape index (κ3) is 5.44. The minimum absolute atomic E-state index is 0.0369. The van der Waals surface area contributed by atoms with Crippen LogP contribution in [0.1, 0.15) is 36.8 Å². The van der Waals surface area contributed by atoms with Gasteiger partial charge < -0.3 is 20.1 Å². The van der Waals surface area contributed by atoms with Crippen molar-refractivity contribution in [1.82, 2.24) is 24.8 Å². The fraction of sp³-hybridized carbons (Fsp3) is 0.406. The van der Waals surface area contributed by atoms with Gasteiger partial charge in [-0.25, -0.2) is 13.8 Å². The number of benzene rings is 1. The molecular formula is C32H28F5N7O3S. The third-order valence-corrected chi connectivity index (χ3v) is 10.3. The largest absolute Gasteiger partial charge is 0.472 e. The van der Waals surface area contributed by atoms with Crippen molar-refractivity contribution >= 4 is 43.4 Å². The number of ether oxygens (including phenoxy) is 2.